The van der Waals surface area contributed by atoms with Gasteiger partial charge >= 0.3 is 0 Å². The Labute approximate surface area is 142 Å². The molecule has 0 atom stereocenters. The van der Waals surface area contributed by atoms with Crippen LogP contribution in [0.1, 0.15) is 18.4 Å². The summed E-state index contributed by atoms with van der Waals surface area (Å²) in [6.07, 6.45) is 2.48. The first-order valence-corrected chi connectivity index (χ1v) is 8.32. The number of nitrogens with one attached hydrogen (secondary N) is 1. The SMILES string of the molecule is Clc1ccc(Oc2cccc(Cl)c2CNC2CC2)c(Br)c1. The Morgan fingerprint density at radius 1 is 1.14 bits per heavy atom. The van der Waals surface area contributed by atoms with Crippen LogP contribution >= 0.6 is 39.1 Å². The lowest BCUT2D eigenvalue weighted by molar-refractivity contribution is 0.470. The molecule has 5 heteroatoms. The van der Waals surface area contributed by atoms with Crippen molar-refractivity contribution in [3.63, 3.8) is 0 Å². The average molecular weight is 387 g/mol. The normalized spacial score (nSPS) is 14.2. The molecular weight excluding hydrogens is 373 g/mol. The van der Waals surface area contributed by atoms with Gasteiger partial charge in [0.1, 0.15) is 11.5 Å². The molecule has 1 N–H and O–H groups in total. The lowest BCUT2D eigenvalue weighted by Gasteiger charge is -2.14. The number of rotatable bonds is 5. The van der Waals surface area contributed by atoms with E-state index in [-0.39, 0.29) is 0 Å². The smallest absolute Gasteiger partial charge is 0.141 e. The second-order valence-electron chi connectivity index (χ2n) is 5.05. The Morgan fingerprint density at radius 3 is 2.67 bits per heavy atom. The van der Waals surface area contributed by atoms with Crippen molar-refractivity contribution in [2.75, 3.05) is 0 Å². The Balaban J connectivity index is 1.84. The number of halogens is 3. The van der Waals surface area contributed by atoms with Gasteiger partial charge in [0, 0.05) is 28.2 Å². The predicted octanol–water partition coefficient (Wildman–Crippen LogP) is 5.80. The van der Waals surface area contributed by atoms with Gasteiger partial charge < -0.3 is 10.1 Å². The summed E-state index contributed by atoms with van der Waals surface area (Å²) in [6, 6.07) is 11.8. The summed E-state index contributed by atoms with van der Waals surface area (Å²) in [5.74, 6) is 1.48. The Kier molecular flexibility index (Phi) is 4.75. The van der Waals surface area contributed by atoms with Crippen molar-refractivity contribution < 1.29 is 4.74 Å². The van der Waals surface area contributed by atoms with Crippen LogP contribution in [-0.2, 0) is 6.54 Å². The number of hydrogen-bond donors (Lipinski definition) is 1. The van der Waals surface area contributed by atoms with Crippen LogP contribution in [0.5, 0.6) is 11.5 Å². The maximum Gasteiger partial charge on any atom is 0.141 e. The molecule has 1 fully saturated rings. The van der Waals surface area contributed by atoms with Gasteiger partial charge in [0.05, 0.1) is 4.47 Å². The van der Waals surface area contributed by atoms with Gasteiger partial charge in [-0.1, -0.05) is 29.3 Å². The number of ether oxygens (including phenoxy) is 1. The van der Waals surface area contributed by atoms with Gasteiger partial charge in [0.15, 0.2) is 0 Å². The Hall–Kier alpha value is -0.740. The monoisotopic (exact) mass is 385 g/mol. The van der Waals surface area contributed by atoms with Crippen LogP contribution in [0.3, 0.4) is 0 Å². The highest BCUT2D eigenvalue weighted by Crippen LogP contribution is 2.35. The molecule has 2 aromatic rings. The summed E-state index contributed by atoms with van der Waals surface area (Å²) < 4.78 is 6.81. The Bertz CT molecular complexity index is 659. The predicted molar refractivity (Wildman–Crippen MR) is 90.5 cm³/mol. The Morgan fingerprint density at radius 2 is 1.95 bits per heavy atom. The molecule has 0 radical (unpaired) electrons. The van der Waals surface area contributed by atoms with E-state index >= 15 is 0 Å². The second kappa shape index (κ2) is 6.57. The molecule has 110 valence electrons. The van der Waals surface area contributed by atoms with Crippen LogP contribution in [-0.4, -0.2) is 6.04 Å². The van der Waals surface area contributed by atoms with E-state index in [1.54, 1.807) is 6.07 Å². The third kappa shape index (κ3) is 3.92. The highest BCUT2D eigenvalue weighted by Gasteiger charge is 2.21. The summed E-state index contributed by atoms with van der Waals surface area (Å²) in [6.45, 7) is 0.713. The van der Waals surface area contributed by atoms with Crippen molar-refractivity contribution in [2.45, 2.75) is 25.4 Å². The molecule has 3 rings (SSSR count). The van der Waals surface area contributed by atoms with E-state index in [2.05, 4.69) is 21.2 Å². The zero-order valence-corrected chi connectivity index (χ0v) is 14.3. The van der Waals surface area contributed by atoms with Crippen molar-refractivity contribution >= 4 is 39.1 Å². The number of benzene rings is 2. The van der Waals surface area contributed by atoms with Crippen LogP contribution in [0.4, 0.5) is 0 Å². The standard InChI is InChI=1S/C16H14BrCl2NO/c17-13-8-10(18)4-7-16(13)21-15-3-1-2-14(19)12(15)9-20-11-5-6-11/h1-4,7-8,11,20H,5-6,9H2. The molecule has 21 heavy (non-hydrogen) atoms. The second-order valence-corrected chi connectivity index (χ2v) is 6.75. The minimum atomic E-state index is 0.622. The fourth-order valence-corrected chi connectivity index (χ4v) is 3.01. The minimum Gasteiger partial charge on any atom is -0.456 e. The molecule has 0 bridgehead atoms. The van der Waals surface area contributed by atoms with Crippen LogP contribution in [0, 0.1) is 0 Å². The summed E-state index contributed by atoms with van der Waals surface area (Å²) in [7, 11) is 0. The first-order chi connectivity index (χ1) is 10.1. The van der Waals surface area contributed by atoms with E-state index in [1.807, 2.05) is 30.3 Å². The van der Waals surface area contributed by atoms with Gasteiger partial charge in [0.2, 0.25) is 0 Å². The zero-order valence-electron chi connectivity index (χ0n) is 11.2. The van der Waals surface area contributed by atoms with Crippen molar-refractivity contribution in [1.82, 2.24) is 5.32 Å². The molecule has 0 aromatic heterocycles. The van der Waals surface area contributed by atoms with Crippen molar-refractivity contribution in [1.29, 1.82) is 0 Å². The van der Waals surface area contributed by atoms with Crippen molar-refractivity contribution in [2.24, 2.45) is 0 Å². The molecule has 0 aliphatic heterocycles. The van der Waals surface area contributed by atoms with E-state index < -0.39 is 0 Å². The topological polar surface area (TPSA) is 21.3 Å². The number of hydrogen-bond acceptors (Lipinski definition) is 2. The molecular formula is C16H14BrCl2NO. The van der Waals surface area contributed by atoms with Gasteiger partial charge in [-0.15, -0.1) is 0 Å². The fourth-order valence-electron chi connectivity index (χ4n) is 2.02. The third-order valence-electron chi connectivity index (χ3n) is 3.33. The molecule has 1 saturated carbocycles. The van der Waals surface area contributed by atoms with Gasteiger partial charge in [0.25, 0.3) is 0 Å². The quantitative estimate of drug-likeness (QED) is 0.700. The summed E-state index contributed by atoms with van der Waals surface area (Å²) >= 11 is 15.7. The molecule has 0 unspecified atom stereocenters. The molecule has 0 saturated heterocycles. The average Bonchev–Trinajstić information content (AvgIpc) is 3.25. The van der Waals surface area contributed by atoms with E-state index in [0.717, 1.165) is 15.8 Å². The molecule has 2 nitrogen and oxygen atoms in total. The molecule has 0 spiro atoms. The molecule has 2 aromatic carbocycles. The summed E-state index contributed by atoms with van der Waals surface area (Å²) in [5, 5.41) is 4.84. The fraction of sp³-hybridized carbons (Fsp3) is 0.250. The van der Waals surface area contributed by atoms with Crippen molar-refractivity contribution in [3.05, 3.63) is 56.5 Å². The molecule has 0 amide bonds. The molecule has 0 heterocycles. The highest BCUT2D eigenvalue weighted by atomic mass is 79.9. The molecule has 1 aliphatic rings. The first-order valence-electron chi connectivity index (χ1n) is 6.77. The highest BCUT2D eigenvalue weighted by molar-refractivity contribution is 9.10. The van der Waals surface area contributed by atoms with Gasteiger partial charge in [-0.05, 0) is 59.1 Å². The van der Waals surface area contributed by atoms with Crippen LogP contribution in [0.2, 0.25) is 10.0 Å². The summed E-state index contributed by atoms with van der Waals surface area (Å²) in [5.41, 5.74) is 0.980. The first kappa shape index (κ1) is 15.2. The van der Waals surface area contributed by atoms with Gasteiger partial charge in [-0.25, -0.2) is 0 Å². The maximum absolute atomic E-state index is 6.31. The van der Waals surface area contributed by atoms with E-state index in [9.17, 15) is 0 Å². The van der Waals surface area contributed by atoms with Crippen LogP contribution in [0.25, 0.3) is 0 Å². The lowest BCUT2D eigenvalue weighted by Crippen LogP contribution is -2.16. The van der Waals surface area contributed by atoms with Crippen molar-refractivity contribution in [3.8, 4) is 11.5 Å². The minimum absolute atomic E-state index is 0.622. The largest absolute Gasteiger partial charge is 0.456 e. The van der Waals surface area contributed by atoms with Crippen LogP contribution < -0.4 is 10.1 Å². The molecule has 1 aliphatic carbocycles. The van der Waals surface area contributed by atoms with Crippen LogP contribution in [0.15, 0.2) is 40.9 Å². The summed E-state index contributed by atoms with van der Waals surface area (Å²) in [4.78, 5) is 0. The van der Waals surface area contributed by atoms with E-state index in [4.69, 9.17) is 27.9 Å². The van der Waals surface area contributed by atoms with E-state index in [0.29, 0.717) is 28.4 Å². The zero-order chi connectivity index (χ0) is 14.8. The lowest BCUT2D eigenvalue weighted by atomic mass is 10.2. The third-order valence-corrected chi connectivity index (χ3v) is 4.54. The van der Waals surface area contributed by atoms with Gasteiger partial charge in [-0.3, -0.25) is 0 Å². The van der Waals surface area contributed by atoms with E-state index in [1.165, 1.54) is 12.8 Å². The maximum atomic E-state index is 6.31. The van der Waals surface area contributed by atoms with Gasteiger partial charge in [-0.2, -0.15) is 0 Å².